The van der Waals surface area contributed by atoms with Crippen molar-refractivity contribution in [2.75, 3.05) is 25.0 Å². The second kappa shape index (κ2) is 10.2. The zero-order valence-electron chi connectivity index (χ0n) is 22.1. The lowest BCUT2D eigenvalue weighted by Gasteiger charge is -2.40. The number of amides is 3. The number of allylic oxidation sites excluding steroid dienone is 1. The molecule has 42 heavy (non-hydrogen) atoms. The molecule has 8 nitrogen and oxygen atoms in total. The second-order valence-corrected chi connectivity index (χ2v) is 11.0. The highest BCUT2D eigenvalue weighted by Crippen LogP contribution is 2.48. The average molecular weight is 588 g/mol. The third kappa shape index (κ3) is 5.13. The minimum Gasteiger partial charge on any atom is -0.368 e. The first kappa shape index (κ1) is 27.9. The number of alkyl halides is 3. The summed E-state index contributed by atoms with van der Waals surface area (Å²) in [6, 6.07) is 5.05. The number of rotatable bonds is 5. The molecular weight excluding hydrogens is 561 g/mol. The van der Waals surface area contributed by atoms with Gasteiger partial charge in [0.2, 0.25) is 17.7 Å². The average Bonchev–Trinajstić information content (AvgIpc) is 3.42. The van der Waals surface area contributed by atoms with Crippen molar-refractivity contribution in [3.63, 3.8) is 0 Å². The van der Waals surface area contributed by atoms with Crippen molar-refractivity contribution < 1.29 is 36.3 Å². The maximum absolute atomic E-state index is 14.0. The van der Waals surface area contributed by atoms with Crippen LogP contribution in [0.15, 0.2) is 59.9 Å². The molecule has 3 atom stereocenters. The van der Waals surface area contributed by atoms with Gasteiger partial charge in [0.1, 0.15) is 24.0 Å². The van der Waals surface area contributed by atoms with E-state index in [4.69, 9.17) is 0 Å². The van der Waals surface area contributed by atoms with Crippen molar-refractivity contribution in [1.29, 1.82) is 0 Å². The molecule has 3 heterocycles. The number of nitrogens with zero attached hydrogens (tertiary/aromatic N) is 1. The van der Waals surface area contributed by atoms with E-state index in [1.165, 1.54) is 0 Å². The first-order chi connectivity index (χ1) is 19.9. The summed E-state index contributed by atoms with van der Waals surface area (Å²) in [6.45, 7) is -0.277. The summed E-state index contributed by atoms with van der Waals surface area (Å²) < 4.78 is 67.3. The maximum Gasteiger partial charge on any atom is 0.391 e. The molecule has 3 unspecified atom stereocenters. The van der Waals surface area contributed by atoms with E-state index in [2.05, 4.69) is 21.3 Å². The van der Waals surface area contributed by atoms with Crippen LogP contribution in [0.1, 0.15) is 29.2 Å². The Bertz CT molecular complexity index is 1530. The van der Waals surface area contributed by atoms with Crippen LogP contribution >= 0.6 is 0 Å². The molecular formula is C29H26F5N5O3. The topological polar surface area (TPSA) is 103 Å². The molecule has 4 N–H and O–H groups in total. The lowest BCUT2D eigenvalue weighted by molar-refractivity contribution is -0.160. The predicted octanol–water partition coefficient (Wildman–Crippen LogP) is 2.98. The van der Waals surface area contributed by atoms with Crippen LogP contribution in [-0.4, -0.2) is 54.5 Å². The van der Waals surface area contributed by atoms with Crippen molar-refractivity contribution in [3.05, 3.63) is 88.3 Å². The number of carbonyl (C=O) groups is 3. The van der Waals surface area contributed by atoms with E-state index in [1.54, 1.807) is 18.2 Å². The molecule has 3 aliphatic heterocycles. The molecule has 1 spiro atoms. The van der Waals surface area contributed by atoms with Gasteiger partial charge in [-0.2, -0.15) is 13.2 Å². The van der Waals surface area contributed by atoms with Crippen molar-refractivity contribution in [2.45, 2.75) is 37.5 Å². The number of halogens is 5. The zero-order valence-corrected chi connectivity index (χ0v) is 22.1. The third-order valence-corrected chi connectivity index (χ3v) is 8.15. The van der Waals surface area contributed by atoms with Crippen LogP contribution in [0.4, 0.5) is 27.6 Å². The van der Waals surface area contributed by atoms with Crippen molar-refractivity contribution >= 4 is 23.4 Å². The molecule has 0 radical (unpaired) electrons. The van der Waals surface area contributed by atoms with Gasteiger partial charge in [-0.05, 0) is 53.8 Å². The molecule has 1 saturated heterocycles. The Hall–Kier alpha value is -4.26. The van der Waals surface area contributed by atoms with E-state index in [9.17, 15) is 36.3 Å². The van der Waals surface area contributed by atoms with Gasteiger partial charge < -0.3 is 26.2 Å². The second-order valence-electron chi connectivity index (χ2n) is 11.0. The predicted molar refractivity (Wildman–Crippen MR) is 140 cm³/mol. The minimum absolute atomic E-state index is 0.00389. The third-order valence-electron chi connectivity index (χ3n) is 8.15. The molecule has 220 valence electrons. The number of fused-ring (bicyclic) bond motifs is 2. The number of nitrogens with one attached hydrogen (secondary N) is 4. The minimum atomic E-state index is -4.66. The molecule has 1 fully saturated rings. The van der Waals surface area contributed by atoms with Gasteiger partial charge in [0, 0.05) is 30.4 Å². The number of anilines is 1. The molecule has 0 bridgehead atoms. The van der Waals surface area contributed by atoms with Crippen LogP contribution in [0.3, 0.4) is 0 Å². The van der Waals surface area contributed by atoms with Gasteiger partial charge in [-0.3, -0.25) is 14.4 Å². The van der Waals surface area contributed by atoms with Crippen molar-refractivity contribution in [1.82, 2.24) is 20.9 Å². The monoisotopic (exact) mass is 587 g/mol. The first-order valence-corrected chi connectivity index (χ1v) is 13.4. The molecule has 0 aromatic heterocycles. The Morgan fingerprint density at radius 3 is 2.52 bits per heavy atom. The van der Waals surface area contributed by atoms with Crippen LogP contribution < -0.4 is 21.3 Å². The number of hydrogen-bond donors (Lipinski definition) is 4. The van der Waals surface area contributed by atoms with E-state index in [-0.39, 0.29) is 18.0 Å². The van der Waals surface area contributed by atoms with Crippen molar-refractivity contribution in [3.8, 4) is 0 Å². The lowest BCUT2D eigenvalue weighted by atomic mass is 9.78. The summed E-state index contributed by atoms with van der Waals surface area (Å²) in [5.74, 6) is -2.97. The van der Waals surface area contributed by atoms with Gasteiger partial charge in [-0.1, -0.05) is 18.2 Å². The molecule has 0 saturated carbocycles. The number of benzene rings is 2. The van der Waals surface area contributed by atoms with E-state index in [1.807, 2.05) is 12.2 Å². The van der Waals surface area contributed by atoms with E-state index in [0.717, 1.165) is 33.7 Å². The fraction of sp³-hybridized carbons (Fsp3) is 0.345. The standard InChI is InChI=1S/C29H26F5N5O3/c30-18-6-16(7-19(31)9-18)23-13-36-22(12-29(32,33)34)26(41)39(23)14-24(40)37-20-4-3-15-10-28(11-17(15)8-20)21-2-1-5-35-25(21)38-27(28)42/h1-4,6-9,22-23,35-36H,5,10-14H2,(H,37,40)(H,38,42). The number of dihydropyridines is 1. The first-order valence-electron chi connectivity index (χ1n) is 13.4. The van der Waals surface area contributed by atoms with E-state index < -0.39 is 60.1 Å². The summed E-state index contributed by atoms with van der Waals surface area (Å²) >= 11 is 0. The maximum atomic E-state index is 14.0. The van der Waals surface area contributed by atoms with Gasteiger partial charge in [-0.15, -0.1) is 0 Å². The summed E-state index contributed by atoms with van der Waals surface area (Å²) in [6.07, 6.45) is -1.34. The molecule has 2 aromatic rings. The highest BCUT2D eigenvalue weighted by Gasteiger charge is 2.51. The normalized spacial score (nSPS) is 24.9. The zero-order chi connectivity index (χ0) is 29.8. The fourth-order valence-corrected chi connectivity index (χ4v) is 6.29. The molecule has 4 aliphatic rings. The van der Waals surface area contributed by atoms with Crippen LogP contribution in [0.25, 0.3) is 0 Å². The quantitative estimate of drug-likeness (QED) is 0.403. The summed E-state index contributed by atoms with van der Waals surface area (Å²) in [7, 11) is 0. The Kier molecular flexibility index (Phi) is 6.79. The van der Waals surface area contributed by atoms with Gasteiger partial charge in [0.15, 0.2) is 0 Å². The van der Waals surface area contributed by atoms with Crippen molar-refractivity contribution in [2.24, 2.45) is 5.41 Å². The number of hydrogen-bond acceptors (Lipinski definition) is 5. The summed E-state index contributed by atoms with van der Waals surface area (Å²) in [5.41, 5.74) is 2.29. The van der Waals surface area contributed by atoms with Gasteiger partial charge in [0.25, 0.3) is 0 Å². The molecule has 2 aromatic carbocycles. The molecule has 1 aliphatic carbocycles. The fourth-order valence-electron chi connectivity index (χ4n) is 6.29. The Balaban J connectivity index is 1.21. The van der Waals surface area contributed by atoms with Crippen LogP contribution in [0, 0.1) is 17.0 Å². The van der Waals surface area contributed by atoms with Crippen LogP contribution in [0.2, 0.25) is 0 Å². The van der Waals surface area contributed by atoms with E-state index >= 15 is 0 Å². The highest BCUT2D eigenvalue weighted by molar-refractivity contribution is 5.96. The number of piperazine rings is 1. The van der Waals surface area contributed by atoms with Crippen LogP contribution in [0.5, 0.6) is 0 Å². The van der Waals surface area contributed by atoms with Gasteiger partial charge in [-0.25, -0.2) is 8.78 Å². The van der Waals surface area contributed by atoms with Gasteiger partial charge >= 0.3 is 6.18 Å². The van der Waals surface area contributed by atoms with Gasteiger partial charge in [0.05, 0.1) is 23.9 Å². The van der Waals surface area contributed by atoms with Crippen LogP contribution in [-0.2, 0) is 27.2 Å². The largest absolute Gasteiger partial charge is 0.391 e. The van der Waals surface area contributed by atoms with E-state index in [0.29, 0.717) is 37.0 Å². The Labute approximate surface area is 237 Å². The molecule has 6 rings (SSSR count). The Morgan fingerprint density at radius 1 is 1.05 bits per heavy atom. The molecule has 3 amide bonds. The smallest absolute Gasteiger partial charge is 0.368 e. The Morgan fingerprint density at radius 2 is 1.79 bits per heavy atom. The summed E-state index contributed by atoms with van der Waals surface area (Å²) in [4.78, 5) is 40.2. The lowest BCUT2D eigenvalue weighted by Crippen LogP contribution is -2.58. The highest BCUT2D eigenvalue weighted by atomic mass is 19.4. The molecule has 13 heteroatoms. The number of carbonyl (C=O) groups excluding carboxylic acids is 3. The summed E-state index contributed by atoms with van der Waals surface area (Å²) in [5, 5.41) is 11.3. The SMILES string of the molecule is O=C(CN1C(=O)C(CC(F)(F)F)NCC1c1cc(F)cc(F)c1)Nc1ccc2c(c1)CC1(C2)C(=O)NC2=C1C=CCN2.